The second-order valence-electron chi connectivity index (χ2n) is 6.27. The van der Waals surface area contributed by atoms with Crippen molar-refractivity contribution < 1.29 is 24.5 Å². The van der Waals surface area contributed by atoms with E-state index in [9.17, 15) is 19.8 Å². The molecule has 2 rings (SSSR count). The van der Waals surface area contributed by atoms with E-state index in [0.29, 0.717) is 13.6 Å². The lowest BCUT2D eigenvalue weighted by Gasteiger charge is -2.18. The molecule has 0 aliphatic carbocycles. The Bertz CT molecular complexity index is 881. The quantitative estimate of drug-likeness (QED) is 0.280. The van der Waals surface area contributed by atoms with E-state index in [-0.39, 0.29) is 36.9 Å². The summed E-state index contributed by atoms with van der Waals surface area (Å²) >= 11 is 6.09. The summed E-state index contributed by atoms with van der Waals surface area (Å²) in [6.07, 6.45) is 0.974. The molecule has 0 aliphatic rings. The molecule has 9 heteroatoms. The van der Waals surface area contributed by atoms with E-state index < -0.39 is 12.0 Å². The van der Waals surface area contributed by atoms with Crippen LogP contribution in [0.2, 0.25) is 0 Å². The maximum atomic E-state index is 12.5. The number of phenols is 2. The van der Waals surface area contributed by atoms with Gasteiger partial charge in [-0.25, -0.2) is 4.79 Å². The number of nitrogens with one attached hydrogen (secondary N) is 1. The Morgan fingerprint density at radius 3 is 2.24 bits per heavy atom. The number of halogens is 3. The number of hydrogen-bond donors (Lipinski definition) is 3. The highest BCUT2D eigenvalue weighted by molar-refractivity contribution is 14.1. The average Bonchev–Trinajstić information content (AvgIpc) is 2.66. The number of phenolic OH excluding ortho intramolecular Hbond substituents is 2. The summed E-state index contributed by atoms with van der Waals surface area (Å²) in [7, 11) is 0. The van der Waals surface area contributed by atoms with Gasteiger partial charge in [0.2, 0.25) is 5.91 Å². The van der Waals surface area contributed by atoms with Crippen molar-refractivity contribution in [2.75, 3.05) is 6.61 Å². The van der Waals surface area contributed by atoms with E-state index >= 15 is 0 Å². The molecule has 0 heterocycles. The van der Waals surface area contributed by atoms with Crippen LogP contribution in [0, 0.1) is 10.7 Å². The molecule has 156 valence electrons. The van der Waals surface area contributed by atoms with Gasteiger partial charge in [0.1, 0.15) is 17.5 Å². The third kappa shape index (κ3) is 7.42. The summed E-state index contributed by atoms with van der Waals surface area (Å²) in [6.45, 7) is 1.94. The first kappa shape index (κ1) is 24.4. The van der Waals surface area contributed by atoms with E-state index in [1.165, 1.54) is 0 Å². The largest absolute Gasteiger partial charge is 0.507 e. The van der Waals surface area contributed by atoms with Gasteiger partial charge in [0.05, 0.1) is 17.3 Å². The summed E-state index contributed by atoms with van der Waals surface area (Å²) < 4.78 is 7.20. The molecule has 2 aromatic rings. The van der Waals surface area contributed by atoms with Gasteiger partial charge in [-0.2, -0.15) is 0 Å². The third-order valence-electron chi connectivity index (χ3n) is 4.08. The SMILES string of the molecule is CCOC(=O)C(Cc1cc(I)c(O)c(I)c1)NC(=O)CCc1ccc(O)c(I)c1. The second kappa shape index (κ2) is 11.5. The highest BCUT2D eigenvalue weighted by Crippen LogP contribution is 2.28. The molecule has 0 saturated heterocycles. The number of esters is 1. The van der Waals surface area contributed by atoms with Crippen molar-refractivity contribution >= 4 is 79.6 Å². The van der Waals surface area contributed by atoms with Crippen molar-refractivity contribution in [1.82, 2.24) is 5.32 Å². The lowest BCUT2D eigenvalue weighted by Crippen LogP contribution is -2.43. The zero-order valence-electron chi connectivity index (χ0n) is 15.5. The molecule has 6 nitrogen and oxygen atoms in total. The summed E-state index contributed by atoms with van der Waals surface area (Å²) in [5, 5.41) is 22.3. The van der Waals surface area contributed by atoms with Crippen molar-refractivity contribution in [3.8, 4) is 11.5 Å². The Labute approximate surface area is 210 Å². The van der Waals surface area contributed by atoms with Crippen LogP contribution in [0.3, 0.4) is 0 Å². The minimum atomic E-state index is -0.807. The van der Waals surface area contributed by atoms with Crippen molar-refractivity contribution in [3.05, 3.63) is 52.2 Å². The first-order chi connectivity index (χ1) is 13.7. The predicted molar refractivity (Wildman–Crippen MR) is 135 cm³/mol. The molecular weight excluding hydrogens is 715 g/mol. The standard InChI is InChI=1S/C20H20I3NO5/c1-2-29-20(28)16(10-12-8-14(22)19(27)15(23)9-12)24-18(26)6-4-11-3-5-17(25)13(21)7-11/h3,5,7-9,16,25,27H,2,4,6,10H2,1H3,(H,24,26). The summed E-state index contributed by atoms with van der Waals surface area (Å²) in [5.74, 6) is -0.332. The Hall–Kier alpha value is -0.830. The van der Waals surface area contributed by atoms with Gasteiger partial charge in [-0.15, -0.1) is 0 Å². The number of amides is 1. The molecule has 1 amide bonds. The minimum Gasteiger partial charge on any atom is -0.507 e. The topological polar surface area (TPSA) is 95.9 Å². The summed E-state index contributed by atoms with van der Waals surface area (Å²) in [6, 6.07) is 7.97. The number of carbonyl (C=O) groups is 2. The number of aromatic hydroxyl groups is 2. The fourth-order valence-corrected chi connectivity index (χ4v) is 5.11. The number of ether oxygens (including phenoxy) is 1. The highest BCUT2D eigenvalue weighted by atomic mass is 127. The molecule has 0 aromatic heterocycles. The van der Waals surface area contributed by atoms with Crippen LogP contribution in [0.5, 0.6) is 11.5 Å². The van der Waals surface area contributed by atoms with Crippen molar-refractivity contribution in [1.29, 1.82) is 0 Å². The molecule has 2 aromatic carbocycles. The Balaban J connectivity index is 2.06. The van der Waals surface area contributed by atoms with Crippen LogP contribution in [0.15, 0.2) is 30.3 Å². The first-order valence-corrected chi connectivity index (χ1v) is 12.0. The van der Waals surface area contributed by atoms with E-state index in [1.54, 1.807) is 31.2 Å². The van der Waals surface area contributed by atoms with Crippen molar-refractivity contribution in [3.63, 3.8) is 0 Å². The van der Waals surface area contributed by atoms with E-state index in [2.05, 4.69) is 5.32 Å². The molecule has 0 radical (unpaired) electrons. The van der Waals surface area contributed by atoms with Crippen LogP contribution < -0.4 is 5.32 Å². The lowest BCUT2D eigenvalue weighted by atomic mass is 10.0. The Morgan fingerprint density at radius 2 is 1.66 bits per heavy atom. The molecule has 0 bridgehead atoms. The molecule has 1 unspecified atom stereocenters. The Morgan fingerprint density at radius 1 is 1.03 bits per heavy atom. The number of carbonyl (C=O) groups excluding carboxylic acids is 2. The van der Waals surface area contributed by atoms with E-state index in [1.807, 2.05) is 73.8 Å². The number of rotatable bonds is 8. The molecule has 1 atom stereocenters. The van der Waals surface area contributed by atoms with Crippen LogP contribution >= 0.6 is 67.8 Å². The number of hydrogen-bond acceptors (Lipinski definition) is 5. The zero-order valence-corrected chi connectivity index (χ0v) is 22.0. The minimum absolute atomic E-state index is 0.204. The third-order valence-corrected chi connectivity index (χ3v) is 6.58. The molecule has 0 fully saturated rings. The normalized spacial score (nSPS) is 11.7. The van der Waals surface area contributed by atoms with Gasteiger partial charge in [-0.3, -0.25) is 4.79 Å². The molecule has 0 aliphatic heterocycles. The second-order valence-corrected chi connectivity index (χ2v) is 9.76. The first-order valence-electron chi connectivity index (χ1n) is 8.81. The number of benzene rings is 2. The zero-order chi connectivity index (χ0) is 21.6. The van der Waals surface area contributed by atoms with Crippen LogP contribution in [-0.2, 0) is 27.2 Å². The fourth-order valence-electron chi connectivity index (χ4n) is 2.64. The van der Waals surface area contributed by atoms with Crippen LogP contribution in [-0.4, -0.2) is 34.7 Å². The molecular formula is C20H20I3NO5. The molecule has 0 spiro atoms. The van der Waals surface area contributed by atoms with Crippen molar-refractivity contribution in [2.24, 2.45) is 0 Å². The van der Waals surface area contributed by atoms with Crippen molar-refractivity contribution in [2.45, 2.75) is 32.2 Å². The average molecular weight is 735 g/mol. The van der Waals surface area contributed by atoms with Gasteiger partial charge in [-0.1, -0.05) is 6.07 Å². The van der Waals surface area contributed by atoms with Gasteiger partial charge in [0.25, 0.3) is 0 Å². The van der Waals surface area contributed by atoms with Crippen LogP contribution in [0.25, 0.3) is 0 Å². The monoisotopic (exact) mass is 735 g/mol. The highest BCUT2D eigenvalue weighted by Gasteiger charge is 2.23. The fraction of sp³-hybridized carbons (Fsp3) is 0.300. The predicted octanol–water partition coefficient (Wildman–Crippen LogP) is 4.13. The van der Waals surface area contributed by atoms with E-state index in [0.717, 1.165) is 14.7 Å². The number of aryl methyl sites for hydroxylation is 1. The Kier molecular flexibility index (Phi) is 9.72. The smallest absolute Gasteiger partial charge is 0.328 e. The van der Waals surface area contributed by atoms with Gasteiger partial charge in [-0.05, 0) is 117 Å². The molecule has 29 heavy (non-hydrogen) atoms. The van der Waals surface area contributed by atoms with Gasteiger partial charge in [0, 0.05) is 12.8 Å². The summed E-state index contributed by atoms with van der Waals surface area (Å²) in [4.78, 5) is 24.8. The maximum absolute atomic E-state index is 12.5. The van der Waals surface area contributed by atoms with Gasteiger partial charge >= 0.3 is 5.97 Å². The van der Waals surface area contributed by atoms with Gasteiger partial charge < -0.3 is 20.3 Å². The molecule has 0 saturated carbocycles. The summed E-state index contributed by atoms with van der Waals surface area (Å²) in [5.41, 5.74) is 1.75. The van der Waals surface area contributed by atoms with Crippen LogP contribution in [0.4, 0.5) is 0 Å². The van der Waals surface area contributed by atoms with E-state index in [4.69, 9.17) is 4.74 Å². The van der Waals surface area contributed by atoms with Crippen LogP contribution in [0.1, 0.15) is 24.5 Å². The molecule has 3 N–H and O–H groups in total. The van der Waals surface area contributed by atoms with Gasteiger partial charge in [0.15, 0.2) is 0 Å². The lowest BCUT2D eigenvalue weighted by molar-refractivity contribution is -0.147. The maximum Gasteiger partial charge on any atom is 0.328 e.